The smallest absolute Gasteiger partial charge is 0.330 e. The number of nitrogens with two attached hydrogens (primary N) is 1. The number of nitrogen functional groups attached to an aromatic ring is 1. The number of aromatic nitrogens is 2. The molecule has 0 spiro atoms. The number of likely N-dealkylation sites (tertiary alicyclic amines) is 1. The van der Waals surface area contributed by atoms with Crippen LogP contribution in [0.1, 0.15) is 25.7 Å². The van der Waals surface area contributed by atoms with E-state index in [1.165, 1.54) is 28.2 Å². The minimum Gasteiger partial charge on any atom is -0.393 e. The molecule has 1 fully saturated rings. The highest BCUT2D eigenvalue weighted by molar-refractivity contribution is 5.30. The lowest BCUT2D eigenvalue weighted by Gasteiger charge is -2.32. The summed E-state index contributed by atoms with van der Waals surface area (Å²) in [7, 11) is 3.71. The van der Waals surface area contributed by atoms with Crippen LogP contribution in [0.5, 0.6) is 0 Å². The van der Waals surface area contributed by atoms with Gasteiger partial charge >= 0.3 is 5.69 Å². The van der Waals surface area contributed by atoms with Crippen molar-refractivity contribution in [2.24, 2.45) is 7.05 Å². The van der Waals surface area contributed by atoms with E-state index in [1.54, 1.807) is 7.05 Å². The summed E-state index contributed by atoms with van der Waals surface area (Å²) >= 11 is 0. The topological polar surface area (TPSA) is 73.3 Å². The van der Waals surface area contributed by atoms with Crippen molar-refractivity contribution in [3.05, 3.63) is 27.0 Å². The molecule has 0 aliphatic carbocycles. The Hall–Kier alpha value is -1.56. The van der Waals surface area contributed by atoms with Gasteiger partial charge in [0.1, 0.15) is 5.69 Å². The van der Waals surface area contributed by atoms with Gasteiger partial charge in [-0.15, -0.1) is 0 Å². The van der Waals surface area contributed by atoms with Crippen LogP contribution in [0.25, 0.3) is 0 Å². The minimum atomic E-state index is -0.374. The third-order valence-electron chi connectivity index (χ3n) is 3.96. The molecule has 0 bridgehead atoms. The van der Waals surface area contributed by atoms with Crippen molar-refractivity contribution < 1.29 is 0 Å². The average Bonchev–Trinajstić information content (AvgIpc) is 2.38. The Balaban J connectivity index is 2.16. The standard InChI is InChI=1S/C13H22N4O2/c1-15-7-4-3-5-10(15)6-8-17-12(18)11(14)9-16(2)13(17)19/h9-10H,3-8,14H2,1-2H3. The number of hydrogen-bond donors (Lipinski definition) is 1. The van der Waals surface area contributed by atoms with Crippen molar-refractivity contribution in [1.82, 2.24) is 14.0 Å². The molecule has 2 rings (SSSR count). The van der Waals surface area contributed by atoms with Crippen LogP contribution in [0.4, 0.5) is 5.69 Å². The lowest BCUT2D eigenvalue weighted by molar-refractivity contribution is 0.170. The second-order valence-corrected chi connectivity index (χ2v) is 5.35. The SMILES string of the molecule is CN1CCCCC1CCn1c(=O)c(N)cn(C)c1=O. The molecule has 1 aromatic rings. The van der Waals surface area contributed by atoms with Crippen LogP contribution >= 0.6 is 0 Å². The first kappa shape index (κ1) is 13.9. The highest BCUT2D eigenvalue weighted by Gasteiger charge is 2.19. The maximum absolute atomic E-state index is 12.0. The minimum absolute atomic E-state index is 0.124. The summed E-state index contributed by atoms with van der Waals surface area (Å²) in [5.41, 5.74) is 5.08. The first-order valence-electron chi connectivity index (χ1n) is 6.77. The van der Waals surface area contributed by atoms with Crippen LogP contribution in [-0.4, -0.2) is 33.7 Å². The highest BCUT2D eigenvalue weighted by atomic mass is 16.2. The Morgan fingerprint density at radius 1 is 1.32 bits per heavy atom. The number of piperidine rings is 1. The third-order valence-corrected chi connectivity index (χ3v) is 3.96. The van der Waals surface area contributed by atoms with Crippen molar-refractivity contribution in [1.29, 1.82) is 0 Å². The summed E-state index contributed by atoms with van der Waals surface area (Å²) < 4.78 is 2.61. The average molecular weight is 266 g/mol. The molecule has 2 N–H and O–H groups in total. The van der Waals surface area contributed by atoms with Crippen molar-refractivity contribution in [2.75, 3.05) is 19.3 Å². The second kappa shape index (κ2) is 5.61. The second-order valence-electron chi connectivity index (χ2n) is 5.35. The van der Waals surface area contributed by atoms with Crippen molar-refractivity contribution in [2.45, 2.75) is 38.3 Å². The van der Waals surface area contributed by atoms with Crippen LogP contribution in [0, 0.1) is 0 Å². The van der Waals surface area contributed by atoms with Crippen LogP contribution in [0.2, 0.25) is 0 Å². The molecule has 1 aliphatic heterocycles. The van der Waals surface area contributed by atoms with E-state index in [9.17, 15) is 9.59 Å². The molecule has 1 atom stereocenters. The van der Waals surface area contributed by atoms with Crippen LogP contribution < -0.4 is 17.0 Å². The largest absolute Gasteiger partial charge is 0.393 e. The predicted octanol–water partition coefficient (Wildman–Crippen LogP) is 0.00360. The maximum atomic E-state index is 12.0. The van der Waals surface area contributed by atoms with Crippen LogP contribution in [0.3, 0.4) is 0 Å². The molecule has 0 radical (unpaired) electrons. The molecule has 6 heteroatoms. The molecule has 6 nitrogen and oxygen atoms in total. The Bertz CT molecular complexity index is 526. The summed E-state index contributed by atoms with van der Waals surface area (Å²) in [5.74, 6) is 0. The number of aryl methyl sites for hydroxylation is 1. The number of hydrogen-bond acceptors (Lipinski definition) is 4. The van der Waals surface area contributed by atoms with Gasteiger partial charge in [-0.1, -0.05) is 6.42 Å². The Labute approximate surface area is 112 Å². The van der Waals surface area contributed by atoms with Gasteiger partial charge in [0, 0.05) is 25.8 Å². The fraction of sp³-hybridized carbons (Fsp3) is 0.692. The summed E-state index contributed by atoms with van der Waals surface area (Å²) in [6, 6.07) is 0.451. The van der Waals surface area contributed by atoms with E-state index in [-0.39, 0.29) is 16.9 Å². The van der Waals surface area contributed by atoms with E-state index in [4.69, 9.17) is 5.73 Å². The van der Waals surface area contributed by atoms with Crippen molar-refractivity contribution in [3.63, 3.8) is 0 Å². The van der Waals surface area contributed by atoms with Gasteiger partial charge in [-0.2, -0.15) is 0 Å². The fourth-order valence-electron chi connectivity index (χ4n) is 2.74. The third kappa shape index (κ3) is 2.89. The summed E-state index contributed by atoms with van der Waals surface area (Å²) in [6.45, 7) is 1.53. The zero-order chi connectivity index (χ0) is 14.0. The zero-order valence-electron chi connectivity index (χ0n) is 11.6. The summed E-state index contributed by atoms with van der Waals surface area (Å²) in [4.78, 5) is 26.2. The Morgan fingerprint density at radius 2 is 2.05 bits per heavy atom. The van der Waals surface area contributed by atoms with Gasteiger partial charge < -0.3 is 15.2 Å². The van der Waals surface area contributed by atoms with Gasteiger partial charge in [-0.3, -0.25) is 9.36 Å². The van der Waals surface area contributed by atoms with E-state index >= 15 is 0 Å². The molecular formula is C13H22N4O2. The lowest BCUT2D eigenvalue weighted by atomic mass is 10.0. The number of anilines is 1. The molecule has 0 amide bonds. The van der Waals surface area contributed by atoms with Gasteiger partial charge in [-0.25, -0.2) is 4.79 Å². The van der Waals surface area contributed by atoms with Gasteiger partial charge in [0.25, 0.3) is 5.56 Å². The molecule has 1 saturated heterocycles. The van der Waals surface area contributed by atoms with Crippen molar-refractivity contribution in [3.8, 4) is 0 Å². The molecule has 0 aromatic carbocycles. The molecule has 1 aliphatic rings. The maximum Gasteiger partial charge on any atom is 0.330 e. The first-order valence-corrected chi connectivity index (χ1v) is 6.77. The normalized spacial score (nSPS) is 20.6. The molecule has 1 unspecified atom stereocenters. The first-order chi connectivity index (χ1) is 9.00. The van der Waals surface area contributed by atoms with Crippen LogP contribution in [0.15, 0.2) is 15.8 Å². The number of rotatable bonds is 3. The lowest BCUT2D eigenvalue weighted by Crippen LogP contribution is -2.42. The monoisotopic (exact) mass is 266 g/mol. The van der Waals surface area contributed by atoms with Gasteiger partial charge in [-0.05, 0) is 32.9 Å². The van der Waals surface area contributed by atoms with E-state index in [0.717, 1.165) is 19.4 Å². The van der Waals surface area contributed by atoms with E-state index in [2.05, 4.69) is 11.9 Å². The van der Waals surface area contributed by atoms with E-state index in [1.807, 2.05) is 0 Å². The van der Waals surface area contributed by atoms with E-state index < -0.39 is 0 Å². The molecule has 106 valence electrons. The predicted molar refractivity (Wildman–Crippen MR) is 75.2 cm³/mol. The number of nitrogens with zero attached hydrogens (tertiary/aromatic N) is 3. The fourth-order valence-corrected chi connectivity index (χ4v) is 2.74. The van der Waals surface area contributed by atoms with Crippen LogP contribution in [-0.2, 0) is 13.6 Å². The zero-order valence-corrected chi connectivity index (χ0v) is 11.6. The summed E-state index contributed by atoms with van der Waals surface area (Å²) in [6.07, 6.45) is 5.78. The Morgan fingerprint density at radius 3 is 2.74 bits per heavy atom. The summed E-state index contributed by atoms with van der Waals surface area (Å²) in [5, 5.41) is 0. The molecule has 0 saturated carbocycles. The molecule has 1 aromatic heterocycles. The molecule has 2 heterocycles. The van der Waals surface area contributed by atoms with E-state index in [0.29, 0.717) is 12.6 Å². The Kier molecular flexibility index (Phi) is 4.09. The molecule has 19 heavy (non-hydrogen) atoms. The van der Waals surface area contributed by atoms with Gasteiger partial charge in [0.15, 0.2) is 0 Å². The van der Waals surface area contributed by atoms with Gasteiger partial charge in [0.2, 0.25) is 0 Å². The quantitative estimate of drug-likeness (QED) is 0.836. The highest BCUT2D eigenvalue weighted by Crippen LogP contribution is 2.17. The molecular weight excluding hydrogens is 244 g/mol. The van der Waals surface area contributed by atoms with Crippen molar-refractivity contribution >= 4 is 5.69 Å². The van der Waals surface area contributed by atoms with Gasteiger partial charge in [0.05, 0.1) is 0 Å².